The number of aromatic nitrogens is 1. The minimum absolute atomic E-state index is 0.129. The summed E-state index contributed by atoms with van der Waals surface area (Å²) in [7, 11) is 0. The van der Waals surface area contributed by atoms with Crippen molar-refractivity contribution in [3.05, 3.63) is 105 Å². The number of rotatable bonds is 4. The molecule has 0 aliphatic carbocycles. The third kappa shape index (κ3) is 3.70. The molecule has 36 heavy (non-hydrogen) atoms. The molecule has 0 unspecified atom stereocenters. The molecular weight excluding hydrogens is 486 g/mol. The molecule has 2 aliphatic heterocycles. The highest BCUT2D eigenvalue weighted by Crippen LogP contribution is 2.44. The van der Waals surface area contributed by atoms with Crippen molar-refractivity contribution in [2.24, 2.45) is 0 Å². The van der Waals surface area contributed by atoms with E-state index in [1.165, 1.54) is 12.1 Å². The van der Waals surface area contributed by atoms with E-state index in [-0.39, 0.29) is 17.9 Å². The van der Waals surface area contributed by atoms with Gasteiger partial charge in [-0.2, -0.15) is 0 Å². The Labute approximate surface area is 210 Å². The van der Waals surface area contributed by atoms with E-state index in [1.54, 1.807) is 41.1 Å². The fraction of sp³-hybridized carbons (Fsp3) is 0.214. The van der Waals surface area contributed by atoms with Gasteiger partial charge in [0.1, 0.15) is 17.2 Å². The highest BCUT2D eigenvalue weighted by molar-refractivity contribution is 6.31. The van der Waals surface area contributed by atoms with Crippen LogP contribution in [-0.4, -0.2) is 29.4 Å². The number of ether oxygens (including phenoxy) is 1. The van der Waals surface area contributed by atoms with Crippen molar-refractivity contribution in [1.29, 1.82) is 0 Å². The Bertz CT molecular complexity index is 1540. The first kappa shape index (κ1) is 22.9. The molecule has 2 aliphatic rings. The van der Waals surface area contributed by atoms with Crippen LogP contribution >= 0.6 is 11.6 Å². The van der Waals surface area contributed by atoms with Gasteiger partial charge in [0.25, 0.3) is 0 Å². The first-order chi connectivity index (χ1) is 17.3. The Hall–Kier alpha value is -3.55. The Kier molecular flexibility index (Phi) is 5.43. The first-order valence-electron chi connectivity index (χ1n) is 11.7. The molecular formula is C28H21ClF2N2O3. The first-order valence-corrected chi connectivity index (χ1v) is 12.1. The number of nitrogens with one attached hydrogen (secondary N) is 1. The number of hydrogen-bond donors (Lipinski definition) is 1. The van der Waals surface area contributed by atoms with Crippen LogP contribution in [0.2, 0.25) is 5.02 Å². The predicted molar refractivity (Wildman–Crippen MR) is 131 cm³/mol. The number of esters is 1. The van der Waals surface area contributed by atoms with Crippen LogP contribution in [0.5, 0.6) is 0 Å². The molecule has 1 N–H and O–H groups in total. The number of hydrogen-bond acceptors (Lipinski definition) is 4. The third-order valence-corrected chi connectivity index (χ3v) is 7.30. The smallest absolute Gasteiger partial charge is 0.340 e. The second kappa shape index (κ2) is 8.54. The van der Waals surface area contributed by atoms with Crippen LogP contribution in [0.25, 0.3) is 10.9 Å². The van der Waals surface area contributed by atoms with E-state index in [2.05, 4.69) is 5.32 Å². The third-order valence-electron chi connectivity index (χ3n) is 7.07. The van der Waals surface area contributed by atoms with Crippen LogP contribution in [0.4, 0.5) is 8.78 Å². The van der Waals surface area contributed by atoms with Crippen molar-refractivity contribution in [1.82, 2.24) is 9.88 Å². The second-order valence-corrected chi connectivity index (χ2v) is 9.74. The number of piperidine rings is 1. The summed E-state index contributed by atoms with van der Waals surface area (Å²) in [5.74, 6) is -2.17. The van der Waals surface area contributed by atoms with Gasteiger partial charge in [-0.15, -0.1) is 0 Å². The van der Waals surface area contributed by atoms with E-state index in [1.807, 2.05) is 6.07 Å². The molecule has 0 saturated carbocycles. The summed E-state index contributed by atoms with van der Waals surface area (Å²) in [4.78, 5) is 26.9. The lowest BCUT2D eigenvalue weighted by molar-refractivity contribution is -0.0242. The predicted octanol–water partition coefficient (Wildman–Crippen LogP) is 5.60. The highest BCUT2D eigenvalue weighted by atomic mass is 35.5. The molecule has 6 rings (SSSR count). The second-order valence-electron chi connectivity index (χ2n) is 9.30. The van der Waals surface area contributed by atoms with Gasteiger partial charge in [-0.3, -0.25) is 4.79 Å². The fourth-order valence-corrected chi connectivity index (χ4v) is 5.61. The number of carbonyl (C=O) groups excluding carboxylic acids is 2. The maximum Gasteiger partial charge on any atom is 0.340 e. The zero-order valence-electron chi connectivity index (χ0n) is 19.1. The summed E-state index contributed by atoms with van der Waals surface area (Å²) in [5, 5.41) is 4.37. The van der Waals surface area contributed by atoms with Crippen molar-refractivity contribution in [3.63, 3.8) is 0 Å². The number of halogens is 3. The number of fused-ring (bicyclic) bond motifs is 3. The maximum absolute atomic E-state index is 13.9. The summed E-state index contributed by atoms with van der Waals surface area (Å²) in [6.07, 6.45) is 2.93. The van der Waals surface area contributed by atoms with Crippen molar-refractivity contribution in [3.8, 4) is 0 Å². The molecule has 0 bridgehead atoms. The number of ketones is 1. The SMILES string of the molecule is O=C1OC2(CCNCC2)c2cccc(C(=O)c3cn(Cc4cc(F)cc(F)c4)c4cc(Cl)ccc34)c21. The van der Waals surface area contributed by atoms with Gasteiger partial charge in [-0.05, 0) is 42.9 Å². The average Bonchev–Trinajstić information content (AvgIpc) is 3.33. The number of benzene rings is 3. The van der Waals surface area contributed by atoms with Gasteiger partial charge in [0.05, 0.1) is 11.1 Å². The normalized spacial score (nSPS) is 16.4. The monoisotopic (exact) mass is 506 g/mol. The van der Waals surface area contributed by atoms with E-state index < -0.39 is 23.2 Å². The molecule has 1 saturated heterocycles. The van der Waals surface area contributed by atoms with Crippen molar-refractivity contribution in [2.45, 2.75) is 25.0 Å². The molecule has 0 atom stereocenters. The number of carbonyl (C=O) groups is 2. The van der Waals surface area contributed by atoms with Crippen LogP contribution in [0.3, 0.4) is 0 Å². The van der Waals surface area contributed by atoms with Gasteiger partial charge in [-0.25, -0.2) is 13.6 Å². The summed E-state index contributed by atoms with van der Waals surface area (Å²) in [5.41, 5.74) is 2.04. The molecule has 3 aromatic carbocycles. The molecule has 182 valence electrons. The fourth-order valence-electron chi connectivity index (χ4n) is 5.45. The van der Waals surface area contributed by atoms with Crippen LogP contribution in [0.1, 0.15) is 50.2 Å². The van der Waals surface area contributed by atoms with Crippen molar-refractivity contribution < 1.29 is 23.1 Å². The van der Waals surface area contributed by atoms with Gasteiger partial charge >= 0.3 is 5.97 Å². The molecule has 0 radical (unpaired) electrons. The molecule has 1 aromatic heterocycles. The van der Waals surface area contributed by atoms with Crippen LogP contribution in [0.15, 0.2) is 60.8 Å². The summed E-state index contributed by atoms with van der Waals surface area (Å²) in [6, 6.07) is 13.7. The largest absolute Gasteiger partial charge is 0.450 e. The van der Waals surface area contributed by atoms with Gasteiger partial charge in [0.2, 0.25) is 0 Å². The minimum atomic E-state index is -0.711. The molecule has 5 nitrogen and oxygen atoms in total. The molecule has 0 amide bonds. The molecule has 1 fully saturated rings. The maximum atomic E-state index is 13.9. The van der Waals surface area contributed by atoms with Crippen molar-refractivity contribution >= 4 is 34.3 Å². The number of nitrogens with zero attached hydrogens (tertiary/aromatic N) is 1. The summed E-state index contributed by atoms with van der Waals surface area (Å²) >= 11 is 6.24. The standard InChI is InChI=1S/C28H21ClF2N2O3/c29-17-4-5-20-22(15-33(24(20)12-17)14-16-10-18(30)13-19(31)11-16)26(34)21-2-1-3-23-25(21)27(35)36-28(23)6-8-32-9-7-28/h1-5,10-13,15,32H,6-9,14H2. The zero-order valence-corrected chi connectivity index (χ0v) is 19.9. The lowest BCUT2D eigenvalue weighted by Gasteiger charge is -2.33. The van der Waals surface area contributed by atoms with E-state index >= 15 is 0 Å². The highest BCUT2D eigenvalue weighted by Gasteiger charge is 2.47. The van der Waals surface area contributed by atoms with E-state index in [0.29, 0.717) is 45.5 Å². The van der Waals surface area contributed by atoms with Gasteiger partial charge in [-0.1, -0.05) is 35.9 Å². The Morgan fingerprint density at radius 1 is 1.03 bits per heavy atom. The summed E-state index contributed by atoms with van der Waals surface area (Å²) in [6.45, 7) is 1.57. The van der Waals surface area contributed by atoms with Gasteiger partial charge in [0, 0.05) is 58.7 Å². The Morgan fingerprint density at radius 2 is 1.78 bits per heavy atom. The minimum Gasteiger partial charge on any atom is -0.450 e. The Balaban J connectivity index is 1.46. The van der Waals surface area contributed by atoms with Crippen molar-refractivity contribution in [2.75, 3.05) is 13.1 Å². The van der Waals surface area contributed by atoms with Gasteiger partial charge < -0.3 is 14.6 Å². The Morgan fingerprint density at radius 3 is 2.53 bits per heavy atom. The zero-order chi connectivity index (χ0) is 25.0. The van der Waals surface area contributed by atoms with Crippen LogP contribution in [0, 0.1) is 11.6 Å². The van der Waals surface area contributed by atoms with Crippen LogP contribution in [-0.2, 0) is 16.9 Å². The van der Waals surface area contributed by atoms with Crippen LogP contribution < -0.4 is 5.32 Å². The topological polar surface area (TPSA) is 60.3 Å². The molecule has 8 heteroatoms. The lowest BCUT2D eigenvalue weighted by atomic mass is 9.82. The summed E-state index contributed by atoms with van der Waals surface area (Å²) < 4.78 is 35.2. The lowest BCUT2D eigenvalue weighted by Crippen LogP contribution is -2.39. The van der Waals surface area contributed by atoms with E-state index in [9.17, 15) is 18.4 Å². The average molecular weight is 507 g/mol. The van der Waals surface area contributed by atoms with E-state index in [0.717, 1.165) is 24.7 Å². The molecule has 3 heterocycles. The molecule has 4 aromatic rings. The molecule has 1 spiro atoms. The van der Waals surface area contributed by atoms with Gasteiger partial charge in [0.15, 0.2) is 5.78 Å². The van der Waals surface area contributed by atoms with E-state index in [4.69, 9.17) is 16.3 Å². The quantitative estimate of drug-likeness (QED) is 0.289.